The Morgan fingerprint density at radius 2 is 1.83 bits per heavy atom. The van der Waals surface area contributed by atoms with Crippen LogP contribution in [0.4, 0.5) is 8.78 Å². The van der Waals surface area contributed by atoms with Gasteiger partial charge in [-0.2, -0.15) is 0 Å². The molecule has 1 unspecified atom stereocenters. The second-order valence-electron chi connectivity index (χ2n) is 4.88. The summed E-state index contributed by atoms with van der Waals surface area (Å²) in [5, 5.41) is 0. The van der Waals surface area contributed by atoms with E-state index in [1.54, 1.807) is 0 Å². The fourth-order valence-corrected chi connectivity index (χ4v) is 2.45. The average molecular weight is 251 g/mol. The third kappa shape index (κ3) is 3.16. The van der Waals surface area contributed by atoms with Crippen molar-refractivity contribution >= 4 is 0 Å². The highest BCUT2D eigenvalue weighted by molar-refractivity contribution is 5.29. The normalized spacial score (nSPS) is 21.6. The van der Waals surface area contributed by atoms with Crippen LogP contribution in [0.5, 0.6) is 0 Å². The Hall–Kier alpha value is -1.22. The van der Waals surface area contributed by atoms with E-state index in [0.717, 1.165) is 43.4 Å². The summed E-state index contributed by atoms with van der Waals surface area (Å²) in [4.78, 5) is 0. The van der Waals surface area contributed by atoms with Crippen molar-refractivity contribution in [3.05, 3.63) is 47.0 Å². The third-order valence-corrected chi connectivity index (χ3v) is 3.52. The molecule has 0 heterocycles. The van der Waals surface area contributed by atoms with E-state index in [1.807, 2.05) is 0 Å². The second kappa shape index (κ2) is 6.10. The average Bonchev–Trinajstić information content (AvgIpc) is 2.31. The monoisotopic (exact) mass is 251 g/mol. The van der Waals surface area contributed by atoms with Crippen molar-refractivity contribution < 1.29 is 8.78 Å². The maximum atomic E-state index is 13.7. The minimum Gasteiger partial charge on any atom is -0.320 e. The first-order valence-corrected chi connectivity index (χ1v) is 6.58. The maximum Gasteiger partial charge on any atom is 0.128 e. The van der Waals surface area contributed by atoms with Gasteiger partial charge < -0.3 is 5.73 Å². The van der Waals surface area contributed by atoms with Gasteiger partial charge in [0.25, 0.3) is 0 Å². The minimum absolute atomic E-state index is 0.266. The van der Waals surface area contributed by atoms with Gasteiger partial charge in [-0.3, -0.25) is 0 Å². The Morgan fingerprint density at radius 3 is 2.67 bits per heavy atom. The molecular weight excluding hydrogens is 232 g/mol. The van der Waals surface area contributed by atoms with Crippen LogP contribution >= 0.6 is 0 Å². The first-order valence-electron chi connectivity index (χ1n) is 6.58. The Morgan fingerprint density at radius 1 is 1.06 bits per heavy atom. The van der Waals surface area contributed by atoms with E-state index in [2.05, 4.69) is 6.08 Å². The minimum atomic E-state index is -0.515. The molecule has 0 fully saturated rings. The van der Waals surface area contributed by atoms with E-state index in [4.69, 9.17) is 5.73 Å². The lowest BCUT2D eigenvalue weighted by Gasteiger charge is -2.19. The molecule has 0 amide bonds. The van der Waals surface area contributed by atoms with Crippen LogP contribution in [0.2, 0.25) is 0 Å². The van der Waals surface area contributed by atoms with Gasteiger partial charge in [-0.05, 0) is 43.9 Å². The van der Waals surface area contributed by atoms with Crippen LogP contribution in [0.25, 0.3) is 0 Å². The van der Waals surface area contributed by atoms with Crippen LogP contribution in [0.3, 0.4) is 0 Å². The molecule has 0 spiro atoms. The highest BCUT2D eigenvalue weighted by Crippen LogP contribution is 2.28. The van der Waals surface area contributed by atoms with Crippen molar-refractivity contribution in [1.29, 1.82) is 0 Å². The molecule has 1 nitrogen and oxygen atoms in total. The molecule has 2 N–H and O–H groups in total. The van der Waals surface area contributed by atoms with E-state index in [-0.39, 0.29) is 5.56 Å². The van der Waals surface area contributed by atoms with Crippen LogP contribution < -0.4 is 5.73 Å². The van der Waals surface area contributed by atoms with E-state index in [1.165, 1.54) is 18.9 Å². The van der Waals surface area contributed by atoms with Gasteiger partial charge in [0.05, 0.1) is 6.04 Å². The molecule has 98 valence electrons. The predicted molar refractivity (Wildman–Crippen MR) is 69.1 cm³/mol. The summed E-state index contributed by atoms with van der Waals surface area (Å²) in [5.41, 5.74) is 7.39. The van der Waals surface area contributed by atoms with Crippen LogP contribution in [-0.4, -0.2) is 0 Å². The van der Waals surface area contributed by atoms with Gasteiger partial charge >= 0.3 is 0 Å². The van der Waals surface area contributed by atoms with Gasteiger partial charge in [0, 0.05) is 5.56 Å². The zero-order chi connectivity index (χ0) is 13.0. The van der Waals surface area contributed by atoms with Gasteiger partial charge in [-0.1, -0.05) is 24.5 Å². The highest BCUT2D eigenvalue weighted by atomic mass is 19.1. The molecule has 2 rings (SSSR count). The second-order valence-corrected chi connectivity index (χ2v) is 4.88. The molecule has 1 aliphatic rings. The summed E-state index contributed by atoms with van der Waals surface area (Å²) in [6.07, 6.45) is 8.65. The van der Waals surface area contributed by atoms with E-state index < -0.39 is 17.7 Å². The molecule has 0 aliphatic heterocycles. The molecule has 1 atom stereocenters. The van der Waals surface area contributed by atoms with Gasteiger partial charge in [-0.15, -0.1) is 0 Å². The summed E-state index contributed by atoms with van der Waals surface area (Å²) < 4.78 is 26.9. The zero-order valence-corrected chi connectivity index (χ0v) is 10.5. The van der Waals surface area contributed by atoms with E-state index in [0.29, 0.717) is 0 Å². The van der Waals surface area contributed by atoms with Crippen LogP contribution in [0.1, 0.15) is 50.1 Å². The third-order valence-electron chi connectivity index (χ3n) is 3.52. The van der Waals surface area contributed by atoms with Gasteiger partial charge in [0.1, 0.15) is 11.6 Å². The number of hydrogen-bond acceptors (Lipinski definition) is 1. The molecule has 0 aromatic heterocycles. The van der Waals surface area contributed by atoms with Crippen molar-refractivity contribution in [1.82, 2.24) is 0 Å². The van der Waals surface area contributed by atoms with E-state index >= 15 is 0 Å². The summed E-state index contributed by atoms with van der Waals surface area (Å²) in [6.45, 7) is 0. The van der Waals surface area contributed by atoms with Crippen molar-refractivity contribution in [2.45, 2.75) is 44.6 Å². The molecule has 1 aromatic rings. The Labute approximate surface area is 107 Å². The number of benzene rings is 1. The molecule has 0 radical (unpaired) electrons. The quantitative estimate of drug-likeness (QED) is 0.781. The van der Waals surface area contributed by atoms with Crippen LogP contribution in [-0.2, 0) is 0 Å². The van der Waals surface area contributed by atoms with Gasteiger partial charge in [0.2, 0.25) is 0 Å². The van der Waals surface area contributed by atoms with Crippen molar-refractivity contribution in [3.8, 4) is 0 Å². The van der Waals surface area contributed by atoms with Gasteiger partial charge in [-0.25, -0.2) is 8.78 Å². The molecular formula is C15H19F2N. The summed E-state index contributed by atoms with van der Waals surface area (Å²) in [5.74, 6) is -0.861. The van der Waals surface area contributed by atoms with Crippen molar-refractivity contribution in [2.24, 2.45) is 5.73 Å². The fourth-order valence-electron chi connectivity index (χ4n) is 2.45. The standard InChI is InChI=1S/C15H19F2N/c16-12-8-9-14(17)13(10-12)15(18)11-6-4-2-1-3-5-7-11/h6,8-10,15H,1-5,7,18H2/b11-6+. The molecule has 18 heavy (non-hydrogen) atoms. The topological polar surface area (TPSA) is 26.0 Å². The lowest BCUT2D eigenvalue weighted by Crippen LogP contribution is -2.16. The number of allylic oxidation sites excluding steroid dienone is 1. The van der Waals surface area contributed by atoms with Gasteiger partial charge in [0.15, 0.2) is 0 Å². The smallest absolute Gasteiger partial charge is 0.128 e. The molecule has 1 aromatic carbocycles. The van der Waals surface area contributed by atoms with Crippen molar-refractivity contribution in [3.63, 3.8) is 0 Å². The van der Waals surface area contributed by atoms with E-state index in [9.17, 15) is 8.78 Å². The molecule has 0 bridgehead atoms. The number of halogens is 2. The molecule has 1 aliphatic carbocycles. The SMILES string of the molecule is NC(/C1=C/CCCCCC1)c1cc(F)ccc1F. The lowest BCUT2D eigenvalue weighted by atomic mass is 9.91. The van der Waals surface area contributed by atoms with Crippen LogP contribution in [0.15, 0.2) is 29.8 Å². The Kier molecular flexibility index (Phi) is 4.48. The predicted octanol–water partition coefficient (Wildman–Crippen LogP) is 4.25. The Bertz CT molecular complexity index is 440. The highest BCUT2D eigenvalue weighted by Gasteiger charge is 2.17. The summed E-state index contributed by atoms with van der Waals surface area (Å²) >= 11 is 0. The first kappa shape index (κ1) is 13.2. The Balaban J connectivity index is 2.23. The fraction of sp³-hybridized carbons (Fsp3) is 0.467. The summed E-state index contributed by atoms with van der Waals surface area (Å²) in [6, 6.07) is 2.96. The number of hydrogen-bond donors (Lipinski definition) is 1. The maximum absolute atomic E-state index is 13.7. The summed E-state index contributed by atoms with van der Waals surface area (Å²) in [7, 11) is 0. The number of rotatable bonds is 2. The molecule has 0 saturated carbocycles. The number of nitrogens with two attached hydrogens (primary N) is 1. The molecule has 3 heteroatoms. The van der Waals surface area contributed by atoms with Crippen molar-refractivity contribution in [2.75, 3.05) is 0 Å². The lowest BCUT2D eigenvalue weighted by molar-refractivity contribution is 0.560. The molecule has 0 saturated heterocycles. The largest absolute Gasteiger partial charge is 0.320 e. The van der Waals surface area contributed by atoms with Crippen LogP contribution in [0, 0.1) is 11.6 Å². The first-order chi connectivity index (χ1) is 8.68. The zero-order valence-electron chi connectivity index (χ0n) is 10.5.